The summed E-state index contributed by atoms with van der Waals surface area (Å²) in [5.41, 5.74) is 3.30. The van der Waals surface area contributed by atoms with E-state index in [4.69, 9.17) is 0 Å². The summed E-state index contributed by atoms with van der Waals surface area (Å²) in [6, 6.07) is 8.18. The van der Waals surface area contributed by atoms with Gasteiger partial charge < -0.3 is 5.32 Å². The predicted octanol–water partition coefficient (Wildman–Crippen LogP) is 2.38. The lowest BCUT2D eigenvalue weighted by atomic mass is 10.2. The van der Waals surface area contributed by atoms with Crippen molar-refractivity contribution < 1.29 is 0 Å². The van der Waals surface area contributed by atoms with Gasteiger partial charge in [0.1, 0.15) is 0 Å². The van der Waals surface area contributed by atoms with Gasteiger partial charge in [-0.05, 0) is 37.6 Å². The van der Waals surface area contributed by atoms with E-state index in [0.717, 1.165) is 36.7 Å². The minimum Gasteiger partial charge on any atom is -0.311 e. The first-order valence-electron chi connectivity index (χ1n) is 6.79. The fourth-order valence-corrected chi connectivity index (χ4v) is 1.92. The Morgan fingerprint density at radius 3 is 2.68 bits per heavy atom. The summed E-state index contributed by atoms with van der Waals surface area (Å²) in [5.74, 6) is 0.662. The van der Waals surface area contributed by atoms with Crippen molar-refractivity contribution in [3.63, 3.8) is 0 Å². The minimum atomic E-state index is 0.662. The Bertz CT molecular complexity index is 516. The Labute approximate surface area is 114 Å². The highest BCUT2D eigenvalue weighted by Crippen LogP contribution is 2.04. The van der Waals surface area contributed by atoms with Crippen LogP contribution < -0.4 is 5.32 Å². The SMILES string of the molecule is Cc1ccnn1Cc1cccc(CNCC(C)C)n1. The molecule has 0 aliphatic heterocycles. The molecule has 2 heterocycles. The van der Waals surface area contributed by atoms with Crippen molar-refractivity contribution in [3.8, 4) is 0 Å². The van der Waals surface area contributed by atoms with Crippen LogP contribution in [0.25, 0.3) is 0 Å². The van der Waals surface area contributed by atoms with E-state index in [1.54, 1.807) is 0 Å². The molecular formula is C15H22N4. The molecule has 1 N–H and O–H groups in total. The van der Waals surface area contributed by atoms with Crippen LogP contribution in [0.1, 0.15) is 30.9 Å². The summed E-state index contributed by atoms with van der Waals surface area (Å²) in [5, 5.41) is 7.70. The van der Waals surface area contributed by atoms with Crippen LogP contribution in [-0.4, -0.2) is 21.3 Å². The maximum absolute atomic E-state index is 4.66. The topological polar surface area (TPSA) is 42.7 Å². The zero-order valence-corrected chi connectivity index (χ0v) is 11.9. The van der Waals surface area contributed by atoms with E-state index in [1.165, 1.54) is 0 Å². The standard InChI is InChI=1S/C15H22N4/c1-12(2)9-16-10-14-5-4-6-15(18-14)11-19-13(3)7-8-17-19/h4-8,12,16H,9-11H2,1-3H3. The maximum atomic E-state index is 4.66. The first-order valence-corrected chi connectivity index (χ1v) is 6.79. The largest absolute Gasteiger partial charge is 0.311 e. The molecule has 0 bridgehead atoms. The Kier molecular flexibility index (Phi) is 4.68. The number of aromatic nitrogens is 3. The van der Waals surface area contributed by atoms with Crippen molar-refractivity contribution in [1.29, 1.82) is 0 Å². The smallest absolute Gasteiger partial charge is 0.0834 e. The van der Waals surface area contributed by atoms with Gasteiger partial charge in [-0.3, -0.25) is 9.67 Å². The van der Waals surface area contributed by atoms with Gasteiger partial charge in [-0.25, -0.2) is 0 Å². The molecule has 2 aromatic heterocycles. The number of nitrogens with one attached hydrogen (secondary N) is 1. The minimum absolute atomic E-state index is 0.662. The number of rotatable bonds is 6. The summed E-state index contributed by atoms with van der Waals surface area (Å²) >= 11 is 0. The molecule has 4 nitrogen and oxygen atoms in total. The van der Waals surface area contributed by atoms with Gasteiger partial charge in [-0.15, -0.1) is 0 Å². The Balaban J connectivity index is 1.97. The third-order valence-electron chi connectivity index (χ3n) is 2.96. The predicted molar refractivity (Wildman–Crippen MR) is 76.8 cm³/mol. The van der Waals surface area contributed by atoms with Gasteiger partial charge in [0.05, 0.1) is 17.9 Å². The zero-order chi connectivity index (χ0) is 13.7. The molecule has 0 amide bonds. The van der Waals surface area contributed by atoms with E-state index >= 15 is 0 Å². The van der Waals surface area contributed by atoms with Crippen LogP contribution in [0.2, 0.25) is 0 Å². The molecule has 0 radical (unpaired) electrons. The Hall–Kier alpha value is -1.68. The first-order chi connectivity index (χ1) is 9.15. The van der Waals surface area contributed by atoms with E-state index in [9.17, 15) is 0 Å². The highest BCUT2D eigenvalue weighted by Gasteiger charge is 2.02. The molecule has 0 atom stereocenters. The highest BCUT2D eigenvalue weighted by atomic mass is 15.3. The molecule has 2 rings (SSSR count). The van der Waals surface area contributed by atoms with E-state index in [2.05, 4.69) is 48.3 Å². The van der Waals surface area contributed by atoms with Crippen molar-refractivity contribution in [2.45, 2.75) is 33.9 Å². The molecule has 0 spiro atoms. The van der Waals surface area contributed by atoms with E-state index in [1.807, 2.05) is 23.0 Å². The van der Waals surface area contributed by atoms with Crippen molar-refractivity contribution in [2.75, 3.05) is 6.54 Å². The van der Waals surface area contributed by atoms with Gasteiger partial charge in [0.2, 0.25) is 0 Å². The molecule has 0 saturated carbocycles. The molecule has 0 aliphatic carbocycles. The highest BCUT2D eigenvalue weighted by molar-refractivity contribution is 5.12. The van der Waals surface area contributed by atoms with E-state index in [-0.39, 0.29) is 0 Å². The summed E-state index contributed by atoms with van der Waals surface area (Å²) < 4.78 is 1.97. The molecule has 2 aromatic rings. The first kappa shape index (κ1) is 13.7. The van der Waals surface area contributed by atoms with Crippen LogP contribution in [0.5, 0.6) is 0 Å². The molecule has 4 heteroatoms. The number of nitrogens with zero attached hydrogens (tertiary/aromatic N) is 3. The molecular weight excluding hydrogens is 236 g/mol. The fraction of sp³-hybridized carbons (Fsp3) is 0.467. The van der Waals surface area contributed by atoms with Crippen LogP contribution in [0.4, 0.5) is 0 Å². The molecule has 0 unspecified atom stereocenters. The lowest BCUT2D eigenvalue weighted by Gasteiger charge is -2.09. The molecule has 0 fully saturated rings. The van der Waals surface area contributed by atoms with Gasteiger partial charge in [-0.1, -0.05) is 19.9 Å². The average molecular weight is 258 g/mol. The van der Waals surface area contributed by atoms with Gasteiger partial charge in [-0.2, -0.15) is 5.10 Å². The number of aryl methyl sites for hydroxylation is 1. The van der Waals surface area contributed by atoms with Crippen molar-refractivity contribution >= 4 is 0 Å². The second-order valence-corrected chi connectivity index (χ2v) is 5.28. The van der Waals surface area contributed by atoms with E-state index in [0.29, 0.717) is 5.92 Å². The van der Waals surface area contributed by atoms with Crippen molar-refractivity contribution in [2.24, 2.45) is 5.92 Å². The van der Waals surface area contributed by atoms with Crippen LogP contribution in [-0.2, 0) is 13.1 Å². The van der Waals surface area contributed by atoms with Gasteiger partial charge in [0.15, 0.2) is 0 Å². The zero-order valence-electron chi connectivity index (χ0n) is 11.9. The summed E-state index contributed by atoms with van der Waals surface area (Å²) in [7, 11) is 0. The van der Waals surface area contributed by atoms with Gasteiger partial charge >= 0.3 is 0 Å². The van der Waals surface area contributed by atoms with Crippen molar-refractivity contribution in [1.82, 2.24) is 20.1 Å². The Morgan fingerprint density at radius 1 is 1.21 bits per heavy atom. The van der Waals surface area contributed by atoms with Crippen LogP contribution in [0.15, 0.2) is 30.5 Å². The monoisotopic (exact) mass is 258 g/mol. The summed E-state index contributed by atoms with van der Waals surface area (Å²) in [4.78, 5) is 4.66. The molecule has 0 saturated heterocycles. The molecule has 0 aromatic carbocycles. The van der Waals surface area contributed by atoms with Crippen LogP contribution in [0.3, 0.4) is 0 Å². The summed E-state index contributed by atoms with van der Waals surface area (Å²) in [6.07, 6.45) is 1.82. The molecule has 19 heavy (non-hydrogen) atoms. The van der Waals surface area contributed by atoms with E-state index < -0.39 is 0 Å². The lowest BCUT2D eigenvalue weighted by Crippen LogP contribution is -2.20. The van der Waals surface area contributed by atoms with Gasteiger partial charge in [0, 0.05) is 18.4 Å². The summed E-state index contributed by atoms with van der Waals surface area (Å²) in [6.45, 7) is 9.04. The lowest BCUT2D eigenvalue weighted by molar-refractivity contribution is 0.546. The van der Waals surface area contributed by atoms with Crippen LogP contribution in [0, 0.1) is 12.8 Å². The Morgan fingerprint density at radius 2 is 2.00 bits per heavy atom. The third-order valence-corrected chi connectivity index (χ3v) is 2.96. The van der Waals surface area contributed by atoms with Gasteiger partial charge in [0.25, 0.3) is 0 Å². The maximum Gasteiger partial charge on any atom is 0.0834 e. The number of hydrogen-bond acceptors (Lipinski definition) is 3. The molecule has 102 valence electrons. The number of pyridine rings is 1. The molecule has 0 aliphatic rings. The fourth-order valence-electron chi connectivity index (χ4n) is 1.92. The van der Waals surface area contributed by atoms with Crippen LogP contribution >= 0.6 is 0 Å². The second kappa shape index (κ2) is 6.48. The third kappa shape index (κ3) is 4.17. The number of hydrogen-bond donors (Lipinski definition) is 1. The van der Waals surface area contributed by atoms with Crippen molar-refractivity contribution in [3.05, 3.63) is 47.5 Å². The average Bonchev–Trinajstić information content (AvgIpc) is 2.75. The quantitative estimate of drug-likeness (QED) is 0.865. The normalized spacial score (nSPS) is 11.2. The second-order valence-electron chi connectivity index (χ2n) is 5.28.